The van der Waals surface area contributed by atoms with Gasteiger partial charge in [0.05, 0.1) is 41.1 Å². The first-order valence-electron chi connectivity index (χ1n) is 18.9. The second-order valence-corrected chi connectivity index (χ2v) is 19.8. The Bertz CT molecular complexity index is 3870. The summed E-state index contributed by atoms with van der Waals surface area (Å²) in [4.78, 5) is 1.05. The summed E-state index contributed by atoms with van der Waals surface area (Å²) in [7, 11) is -17.3. The maximum Gasteiger partial charge on any atom is 0.296 e. The van der Waals surface area contributed by atoms with E-state index in [1.54, 1.807) is 12.1 Å². The molecule has 0 atom stereocenters. The van der Waals surface area contributed by atoms with E-state index in [1.165, 1.54) is 74.9 Å². The van der Waals surface area contributed by atoms with Crippen molar-refractivity contribution in [3.05, 3.63) is 115 Å². The van der Waals surface area contributed by atoms with Crippen LogP contribution in [0.2, 0.25) is 0 Å². The van der Waals surface area contributed by atoms with Gasteiger partial charge >= 0.3 is 0 Å². The van der Waals surface area contributed by atoms with Crippen LogP contribution in [0.1, 0.15) is 5.56 Å². The third-order valence-electron chi connectivity index (χ3n) is 9.73. The Labute approximate surface area is 504 Å². The molecule has 24 nitrogen and oxygen atoms in total. The summed E-state index contributed by atoms with van der Waals surface area (Å²) in [6.45, 7) is 0. The quantitative estimate of drug-likeness (QED) is 0.0137. The minimum absolute atomic E-state index is 0. The largest absolute Gasteiger partial charge is 0.505 e. The average molecular weight is 1110 g/mol. The molecule has 8 N–H and O–H groups in total. The minimum Gasteiger partial charge on any atom is -0.505 e. The van der Waals surface area contributed by atoms with E-state index < -0.39 is 77.2 Å². The molecule has 7 aromatic rings. The van der Waals surface area contributed by atoms with Crippen LogP contribution in [0, 0.1) is 0 Å². The number of fused-ring (bicyclic) bond motifs is 2. The second kappa shape index (κ2) is 25.3. The topological polar surface area (TPSA) is 389 Å². The van der Waals surface area contributed by atoms with Gasteiger partial charge in [0.2, 0.25) is 5.90 Å². The number of hydrogen-bond acceptors (Lipinski definition) is 19. The smallest absolute Gasteiger partial charge is 0.296 e. The molecule has 7 aromatic carbocycles. The fourth-order valence-corrected chi connectivity index (χ4v) is 8.72. The fourth-order valence-electron chi connectivity index (χ4n) is 6.45. The van der Waals surface area contributed by atoms with E-state index in [9.17, 15) is 62.1 Å². The van der Waals surface area contributed by atoms with Gasteiger partial charge in [-0.05, 0) is 96.4 Å². The molecular formula is C41H32N8Na4O16S4. The van der Waals surface area contributed by atoms with Crippen LogP contribution < -0.4 is 15.2 Å². The molecule has 32 heteroatoms. The first-order chi connectivity index (χ1) is 32.3. The van der Waals surface area contributed by atoms with Crippen molar-refractivity contribution in [3.63, 3.8) is 0 Å². The number of phenolic OH excluding ortho intramolecular Hbond substituents is 1. The number of phenols is 1. The number of benzene rings is 7. The Morgan fingerprint density at radius 3 is 1.49 bits per heavy atom. The first kappa shape index (κ1) is 63.5. The molecule has 0 amide bonds. The van der Waals surface area contributed by atoms with E-state index >= 15 is 0 Å². The number of aliphatic imine (C=N–C) groups is 1. The van der Waals surface area contributed by atoms with Gasteiger partial charge in [0.1, 0.15) is 44.0 Å². The molecule has 0 saturated heterocycles. The van der Waals surface area contributed by atoms with Gasteiger partial charge in [-0.15, -0.1) is 30.7 Å². The van der Waals surface area contributed by atoms with Gasteiger partial charge < -0.3 is 25.4 Å². The zero-order valence-corrected chi connectivity index (χ0v) is 50.3. The van der Waals surface area contributed by atoms with Crippen LogP contribution in [0.25, 0.3) is 21.5 Å². The number of hydrogen-bond donors (Lipinski definition) is 7. The summed E-state index contributed by atoms with van der Waals surface area (Å²) in [5.74, 6) is -1.20. The number of nitrogens with two attached hydrogens (primary N) is 1. The number of azo groups is 3. The summed E-state index contributed by atoms with van der Waals surface area (Å²) in [5.41, 5.74) is 4.96. The summed E-state index contributed by atoms with van der Waals surface area (Å²) >= 11 is 0. The number of aliphatic hydroxyl groups excluding tert-OH is 1. The van der Waals surface area contributed by atoms with E-state index in [4.69, 9.17) is 15.2 Å². The Morgan fingerprint density at radius 2 is 0.959 bits per heavy atom. The molecule has 360 valence electrons. The van der Waals surface area contributed by atoms with Gasteiger partial charge in [-0.2, -0.15) is 33.7 Å². The summed E-state index contributed by atoms with van der Waals surface area (Å²) in [6, 6.07) is 21.6. The molecule has 4 radical (unpaired) electrons. The van der Waals surface area contributed by atoms with Crippen LogP contribution in [-0.4, -0.2) is 200 Å². The molecular weight excluding hydrogens is 1080 g/mol. The zero-order valence-electron chi connectivity index (χ0n) is 39.0. The number of anilines is 1. The second-order valence-electron chi connectivity index (χ2n) is 14.2. The molecule has 0 saturated carbocycles. The van der Waals surface area contributed by atoms with Crippen molar-refractivity contribution in [2.75, 3.05) is 20.0 Å². The molecule has 0 aliphatic heterocycles. The number of aromatic hydroxyl groups is 1. The van der Waals surface area contributed by atoms with Gasteiger partial charge in [-0.3, -0.25) is 18.2 Å². The molecule has 0 heterocycles. The van der Waals surface area contributed by atoms with Crippen LogP contribution in [0.15, 0.2) is 164 Å². The first-order valence-corrected chi connectivity index (χ1v) is 24.7. The molecule has 0 spiro atoms. The third kappa shape index (κ3) is 15.0. The Kier molecular flexibility index (Phi) is 22.0. The van der Waals surface area contributed by atoms with Crippen molar-refractivity contribution in [2.24, 2.45) is 35.7 Å². The van der Waals surface area contributed by atoms with E-state index in [-0.39, 0.29) is 186 Å². The molecule has 0 aromatic heterocycles. The van der Waals surface area contributed by atoms with Crippen molar-refractivity contribution in [1.29, 1.82) is 0 Å². The predicted molar refractivity (Wildman–Crippen MR) is 270 cm³/mol. The summed E-state index contributed by atoms with van der Waals surface area (Å²) in [6.07, 6.45) is 0. The molecule has 0 bridgehead atoms. The number of aliphatic hydroxyl groups is 1. The molecule has 0 fully saturated rings. The number of nitrogen functional groups attached to an aromatic ring is 1. The number of ether oxygens (including phenoxy) is 2. The number of nitrogens with zero attached hydrogens (tertiary/aromatic N) is 7. The van der Waals surface area contributed by atoms with E-state index in [2.05, 4.69) is 35.7 Å². The van der Waals surface area contributed by atoms with Crippen LogP contribution in [0.4, 0.5) is 45.5 Å². The molecule has 73 heavy (non-hydrogen) atoms. The van der Waals surface area contributed by atoms with E-state index in [0.717, 1.165) is 18.2 Å². The van der Waals surface area contributed by atoms with Crippen molar-refractivity contribution in [2.45, 2.75) is 19.6 Å². The average Bonchev–Trinajstić information content (AvgIpc) is 3.28. The SMILES string of the molecule is COc1cc(N=Nc2ccc(N=Nc3cc(S(=O)(=O)O)ccc3S(=O)(=O)O)c3ccc(S(=O)(=O)O)cc23)c(OC)cc1N=Nc1c(S(=O)(=O)O)cc2cc(N=C(O)c3ccc(N)cc3)ccc2c1O.[Na].[Na].[Na].[Na]. The standard InChI is InChI=1S/C41H32N8O16S4.4Na/c1-64-35-20-33(47-49-39-38(69(61,62)63)16-22-15-24(7-10-27(22)40(39)50)43-41(51)21-3-5-23(42)6-4-21)36(65-2)19-32(35)46-45-31-13-12-30(28-11-8-25(17-29(28)31)66(52,53)54)44-48-34-18-26(67(55,56)57)9-14-37(34)68(58,59)60;;;;/h3-20,50H,42H2,1-2H3,(H,43,51)(H,52,53,54)(H,55,56,57)(H,58,59,60)(H,61,62,63);;;;. The van der Waals surface area contributed by atoms with Gasteiger partial charge in [0, 0.05) is 158 Å². The molecule has 0 unspecified atom stereocenters. The number of rotatable bonds is 14. The Balaban J connectivity index is 0.00000352. The maximum atomic E-state index is 12.6. The van der Waals surface area contributed by atoms with Gasteiger partial charge in [0.15, 0.2) is 5.75 Å². The summed E-state index contributed by atoms with van der Waals surface area (Å²) in [5, 5.41) is 46.2. The van der Waals surface area contributed by atoms with Crippen LogP contribution in [0.3, 0.4) is 0 Å². The van der Waals surface area contributed by atoms with Crippen LogP contribution in [0.5, 0.6) is 17.2 Å². The van der Waals surface area contributed by atoms with Crippen LogP contribution >= 0.6 is 0 Å². The monoisotopic (exact) mass is 1110 g/mol. The van der Waals surface area contributed by atoms with E-state index in [0.29, 0.717) is 29.4 Å². The minimum atomic E-state index is -5.07. The summed E-state index contributed by atoms with van der Waals surface area (Å²) < 4.78 is 147. The van der Waals surface area contributed by atoms with Crippen molar-refractivity contribution in [3.8, 4) is 17.2 Å². The predicted octanol–water partition coefficient (Wildman–Crippen LogP) is 7.64. The normalized spacial score (nSPS) is 12.3. The van der Waals surface area contributed by atoms with Crippen molar-refractivity contribution in [1.82, 2.24) is 0 Å². The van der Waals surface area contributed by atoms with Crippen LogP contribution in [-0.2, 0) is 40.5 Å². The molecule has 0 aliphatic carbocycles. The third-order valence-corrected chi connectivity index (χ3v) is 13.2. The maximum absolute atomic E-state index is 12.6. The van der Waals surface area contributed by atoms with Gasteiger partial charge in [-0.25, -0.2) is 4.99 Å². The zero-order chi connectivity index (χ0) is 50.2. The Hall–Kier alpha value is -3.83. The Morgan fingerprint density at radius 1 is 0.479 bits per heavy atom. The van der Waals surface area contributed by atoms with Crippen molar-refractivity contribution < 1.29 is 71.6 Å². The van der Waals surface area contributed by atoms with Crippen molar-refractivity contribution >= 4 is 232 Å². The fraction of sp³-hybridized carbons (Fsp3) is 0.0488. The van der Waals surface area contributed by atoms with Gasteiger partial charge in [0.25, 0.3) is 40.5 Å². The van der Waals surface area contributed by atoms with Gasteiger partial charge in [-0.1, -0.05) is 6.07 Å². The van der Waals surface area contributed by atoms with E-state index in [1.807, 2.05) is 0 Å². The molecule has 7 rings (SSSR count). The molecule has 0 aliphatic rings. The number of methoxy groups -OCH3 is 2.